The summed E-state index contributed by atoms with van der Waals surface area (Å²) in [5, 5.41) is 4.81. The summed E-state index contributed by atoms with van der Waals surface area (Å²) in [5.41, 5.74) is -0.656. The highest BCUT2D eigenvalue weighted by Crippen LogP contribution is 2.34. The first-order chi connectivity index (χ1) is 14.0. The highest BCUT2D eigenvalue weighted by atomic mass is 32.1. The molecule has 0 bridgehead atoms. The number of ether oxygens (including phenoxy) is 1. The molecule has 3 heterocycles. The van der Waals surface area contributed by atoms with E-state index in [-0.39, 0.29) is 29.1 Å². The molecule has 10 heteroatoms. The molecule has 1 amide bonds. The van der Waals surface area contributed by atoms with E-state index in [0.717, 1.165) is 17.7 Å². The predicted molar refractivity (Wildman–Crippen MR) is 106 cm³/mol. The van der Waals surface area contributed by atoms with E-state index in [1.54, 1.807) is 0 Å². The molecule has 3 aromatic heterocycles. The molecule has 0 spiro atoms. The van der Waals surface area contributed by atoms with Crippen LogP contribution in [0.3, 0.4) is 0 Å². The Morgan fingerprint density at radius 1 is 1.41 bits per heavy atom. The topological polar surface area (TPSA) is 123 Å². The molecular weight excluding hydrogens is 396 g/mol. The van der Waals surface area contributed by atoms with E-state index < -0.39 is 29.2 Å². The van der Waals surface area contributed by atoms with Gasteiger partial charge in [-0.3, -0.25) is 23.9 Å². The van der Waals surface area contributed by atoms with Gasteiger partial charge in [0.1, 0.15) is 5.65 Å². The van der Waals surface area contributed by atoms with Crippen molar-refractivity contribution >= 4 is 34.2 Å². The fraction of sp³-hybridized carbons (Fsp3) is 0.316. The van der Waals surface area contributed by atoms with E-state index in [9.17, 15) is 19.2 Å². The van der Waals surface area contributed by atoms with Gasteiger partial charge >= 0.3 is 11.7 Å². The summed E-state index contributed by atoms with van der Waals surface area (Å²) in [4.78, 5) is 56.2. The average molecular weight is 414 g/mol. The molecule has 0 aliphatic heterocycles. The number of hydrogen-bond donors (Lipinski definition) is 2. The van der Waals surface area contributed by atoms with Gasteiger partial charge in [-0.1, -0.05) is 6.07 Å². The molecule has 1 aliphatic carbocycles. The first kappa shape index (κ1) is 19.1. The van der Waals surface area contributed by atoms with Crippen molar-refractivity contribution < 1.29 is 14.3 Å². The van der Waals surface area contributed by atoms with Crippen LogP contribution in [0, 0.1) is 0 Å². The summed E-state index contributed by atoms with van der Waals surface area (Å²) >= 11 is 1.41. The number of nitrogens with one attached hydrogen (secondary N) is 2. The molecule has 150 valence electrons. The van der Waals surface area contributed by atoms with Crippen LogP contribution in [0.2, 0.25) is 0 Å². The highest BCUT2D eigenvalue weighted by molar-refractivity contribution is 7.10. The molecule has 1 unspecified atom stereocenters. The fourth-order valence-electron chi connectivity index (χ4n) is 3.14. The molecule has 4 rings (SSSR count). The standard InChI is InChI=1S/C19H18N4O5S/c1-28-15(24)8-13(14-3-2-6-29-14)21-17(25)10-7-12-16(20-9-10)23(11-4-5-11)19(27)22-18(12)26/h2-3,6-7,9,11,13H,4-5,8H2,1H3,(H,21,25)(H,22,26,27). The number of amides is 1. The fourth-order valence-corrected chi connectivity index (χ4v) is 3.91. The van der Waals surface area contributed by atoms with Crippen LogP contribution in [0.25, 0.3) is 11.0 Å². The Morgan fingerprint density at radius 3 is 2.86 bits per heavy atom. The number of rotatable bonds is 6. The first-order valence-corrected chi connectivity index (χ1v) is 9.91. The number of aromatic nitrogens is 3. The van der Waals surface area contributed by atoms with Gasteiger partial charge in [-0.05, 0) is 30.4 Å². The number of aromatic amines is 1. The monoisotopic (exact) mass is 414 g/mol. The van der Waals surface area contributed by atoms with E-state index in [1.165, 1.54) is 35.3 Å². The summed E-state index contributed by atoms with van der Waals surface area (Å²) in [6, 6.07) is 4.51. The molecule has 0 radical (unpaired) electrons. The summed E-state index contributed by atoms with van der Waals surface area (Å²) < 4.78 is 6.18. The third-order valence-corrected chi connectivity index (χ3v) is 5.73. The van der Waals surface area contributed by atoms with Gasteiger partial charge in [0, 0.05) is 17.1 Å². The molecule has 2 N–H and O–H groups in total. The lowest BCUT2D eigenvalue weighted by Gasteiger charge is -2.16. The molecule has 1 saturated carbocycles. The third kappa shape index (κ3) is 3.83. The molecule has 1 aliphatic rings. The third-order valence-electron chi connectivity index (χ3n) is 4.74. The number of methoxy groups -OCH3 is 1. The molecule has 3 aromatic rings. The molecule has 0 aromatic carbocycles. The van der Waals surface area contributed by atoms with Crippen LogP contribution in [0.1, 0.15) is 46.6 Å². The number of hydrogen-bond acceptors (Lipinski definition) is 7. The van der Waals surface area contributed by atoms with Crippen LogP contribution >= 0.6 is 11.3 Å². The van der Waals surface area contributed by atoms with Gasteiger partial charge in [-0.15, -0.1) is 11.3 Å². The van der Waals surface area contributed by atoms with Gasteiger partial charge in [-0.25, -0.2) is 9.78 Å². The lowest BCUT2D eigenvalue weighted by Crippen LogP contribution is -2.32. The predicted octanol–water partition coefficient (Wildman–Crippen LogP) is 1.52. The van der Waals surface area contributed by atoms with Crippen LogP contribution in [0.15, 0.2) is 39.4 Å². The molecule has 0 saturated heterocycles. The largest absolute Gasteiger partial charge is 0.469 e. The minimum atomic E-state index is -0.589. The van der Waals surface area contributed by atoms with Crippen molar-refractivity contribution in [2.45, 2.75) is 31.3 Å². The smallest absolute Gasteiger partial charge is 0.330 e. The maximum atomic E-state index is 12.8. The zero-order valence-corrected chi connectivity index (χ0v) is 16.3. The Kier molecular flexibility index (Phi) is 5.01. The number of carbonyl (C=O) groups excluding carboxylic acids is 2. The van der Waals surface area contributed by atoms with Crippen LogP contribution in [-0.4, -0.2) is 33.5 Å². The van der Waals surface area contributed by atoms with Gasteiger partial charge in [0.15, 0.2) is 0 Å². The van der Waals surface area contributed by atoms with Crippen molar-refractivity contribution in [2.24, 2.45) is 0 Å². The van der Waals surface area contributed by atoms with Crippen LogP contribution in [-0.2, 0) is 9.53 Å². The van der Waals surface area contributed by atoms with Crippen molar-refractivity contribution in [2.75, 3.05) is 7.11 Å². The first-order valence-electron chi connectivity index (χ1n) is 9.03. The Morgan fingerprint density at radius 2 is 2.21 bits per heavy atom. The maximum absolute atomic E-state index is 12.8. The maximum Gasteiger partial charge on any atom is 0.330 e. The van der Waals surface area contributed by atoms with Gasteiger partial charge in [0.25, 0.3) is 11.5 Å². The number of H-pyrrole nitrogens is 1. The molecular formula is C19H18N4O5S. The molecule has 9 nitrogen and oxygen atoms in total. The van der Waals surface area contributed by atoms with Gasteiger partial charge in [0.2, 0.25) is 0 Å². The van der Waals surface area contributed by atoms with Crippen LogP contribution in [0.5, 0.6) is 0 Å². The van der Waals surface area contributed by atoms with E-state index in [0.29, 0.717) is 0 Å². The zero-order chi connectivity index (χ0) is 20.5. The van der Waals surface area contributed by atoms with Crippen molar-refractivity contribution in [1.29, 1.82) is 0 Å². The summed E-state index contributed by atoms with van der Waals surface area (Å²) in [7, 11) is 1.29. The summed E-state index contributed by atoms with van der Waals surface area (Å²) in [5.74, 6) is -0.935. The number of thiophene rings is 1. The number of fused-ring (bicyclic) bond motifs is 1. The SMILES string of the molecule is COC(=O)CC(NC(=O)c1cnc2c(c1)c(=O)[nH]c(=O)n2C1CC1)c1cccs1. The zero-order valence-electron chi connectivity index (χ0n) is 15.5. The van der Waals surface area contributed by atoms with Crippen molar-refractivity contribution in [3.05, 3.63) is 61.1 Å². The van der Waals surface area contributed by atoms with Gasteiger partial charge in [0.05, 0.1) is 30.5 Å². The van der Waals surface area contributed by atoms with E-state index in [1.807, 2.05) is 17.5 Å². The Hall–Kier alpha value is -3.27. The minimum Gasteiger partial charge on any atom is -0.469 e. The quantitative estimate of drug-likeness (QED) is 0.590. The second-order valence-electron chi connectivity index (χ2n) is 6.78. The lowest BCUT2D eigenvalue weighted by molar-refractivity contribution is -0.141. The molecule has 1 fully saturated rings. The minimum absolute atomic E-state index is 0.0223. The van der Waals surface area contributed by atoms with Gasteiger partial charge < -0.3 is 10.1 Å². The van der Waals surface area contributed by atoms with Crippen LogP contribution < -0.4 is 16.6 Å². The average Bonchev–Trinajstić information content (AvgIpc) is 3.38. The van der Waals surface area contributed by atoms with Crippen molar-refractivity contribution in [3.63, 3.8) is 0 Å². The molecule has 29 heavy (non-hydrogen) atoms. The number of pyridine rings is 1. The van der Waals surface area contributed by atoms with Crippen LogP contribution in [0.4, 0.5) is 0 Å². The second kappa shape index (κ2) is 7.63. The van der Waals surface area contributed by atoms with Crippen molar-refractivity contribution in [1.82, 2.24) is 19.9 Å². The van der Waals surface area contributed by atoms with E-state index in [4.69, 9.17) is 4.74 Å². The Labute approximate surface area is 168 Å². The summed E-state index contributed by atoms with van der Waals surface area (Å²) in [6.07, 6.45) is 3.01. The highest BCUT2D eigenvalue weighted by Gasteiger charge is 2.28. The Bertz CT molecular complexity index is 1190. The number of esters is 1. The van der Waals surface area contributed by atoms with Gasteiger partial charge in [-0.2, -0.15) is 0 Å². The van der Waals surface area contributed by atoms with E-state index >= 15 is 0 Å². The Balaban J connectivity index is 1.66. The molecule has 1 atom stereocenters. The number of carbonyl (C=O) groups is 2. The number of nitrogens with zero attached hydrogens (tertiary/aromatic N) is 2. The second-order valence-corrected chi connectivity index (χ2v) is 7.76. The lowest BCUT2D eigenvalue weighted by atomic mass is 10.1. The van der Waals surface area contributed by atoms with E-state index in [2.05, 4.69) is 15.3 Å². The normalized spacial score (nSPS) is 14.5. The summed E-state index contributed by atoms with van der Waals surface area (Å²) in [6.45, 7) is 0. The van der Waals surface area contributed by atoms with Crippen molar-refractivity contribution in [3.8, 4) is 0 Å².